The Kier molecular flexibility index (Phi) is 31.1. The summed E-state index contributed by atoms with van der Waals surface area (Å²) in [5.41, 5.74) is -0.812. The molecule has 1 aliphatic heterocycles. The van der Waals surface area contributed by atoms with E-state index in [1.54, 1.807) is 12.0 Å². The van der Waals surface area contributed by atoms with Gasteiger partial charge >= 0.3 is 11.9 Å². The molecule has 1 unspecified atom stereocenters. The van der Waals surface area contributed by atoms with Crippen molar-refractivity contribution < 1.29 is 38.1 Å². The third kappa shape index (κ3) is 27.5. The minimum Gasteiger partial charge on any atom is -0.463 e. The fourth-order valence-electron chi connectivity index (χ4n) is 7.47. The Bertz CT molecular complexity index is 1080. The Morgan fingerprint density at radius 1 is 0.638 bits per heavy atom. The van der Waals surface area contributed by atoms with E-state index >= 15 is 0 Å². The van der Waals surface area contributed by atoms with Gasteiger partial charge in [-0.15, -0.1) is 0 Å². The summed E-state index contributed by atoms with van der Waals surface area (Å²) in [6.07, 6.45) is 28.8. The number of nitrogens with zero attached hydrogens (tertiary/aromatic N) is 1. The molecule has 1 fully saturated rings. The summed E-state index contributed by atoms with van der Waals surface area (Å²) in [6, 6.07) is -0.393. The molecule has 340 valence electrons. The van der Waals surface area contributed by atoms with Gasteiger partial charge in [-0.1, -0.05) is 149 Å². The van der Waals surface area contributed by atoms with Gasteiger partial charge < -0.3 is 29.2 Å². The van der Waals surface area contributed by atoms with E-state index < -0.39 is 23.3 Å². The molecule has 0 saturated carbocycles. The molecule has 2 amide bonds. The van der Waals surface area contributed by atoms with Crippen molar-refractivity contribution in [3.8, 4) is 0 Å². The fraction of sp³-hybridized carbons (Fsp3) is 0.917. The second-order valence-corrected chi connectivity index (χ2v) is 18.0. The molecule has 0 spiro atoms. The van der Waals surface area contributed by atoms with Crippen molar-refractivity contribution in [1.82, 2.24) is 10.2 Å². The van der Waals surface area contributed by atoms with Crippen LogP contribution < -0.4 is 5.32 Å². The summed E-state index contributed by atoms with van der Waals surface area (Å²) in [7, 11) is 1.67. The molecule has 3 atom stereocenters. The molecule has 0 radical (unpaired) electrons. The van der Waals surface area contributed by atoms with E-state index in [0.717, 1.165) is 44.9 Å². The summed E-state index contributed by atoms with van der Waals surface area (Å²) < 4.78 is 23.2. The van der Waals surface area contributed by atoms with Gasteiger partial charge in [-0.25, -0.2) is 0 Å². The normalized spacial score (nSPS) is 16.6. The second-order valence-electron chi connectivity index (χ2n) is 18.0. The van der Waals surface area contributed by atoms with E-state index in [1.807, 2.05) is 20.8 Å². The molecule has 1 heterocycles. The number of methoxy groups -OCH3 is 1. The first kappa shape index (κ1) is 53.8. The molecule has 10 heteroatoms. The van der Waals surface area contributed by atoms with Gasteiger partial charge in [0.2, 0.25) is 11.8 Å². The molecule has 0 aliphatic carbocycles. The Morgan fingerprint density at radius 2 is 1.12 bits per heavy atom. The van der Waals surface area contributed by atoms with Gasteiger partial charge in [-0.05, 0) is 46.5 Å². The van der Waals surface area contributed by atoms with E-state index in [9.17, 15) is 19.2 Å². The molecular weight excluding hydrogens is 733 g/mol. The van der Waals surface area contributed by atoms with Crippen molar-refractivity contribution in [2.45, 2.75) is 251 Å². The Balaban J connectivity index is 2.56. The van der Waals surface area contributed by atoms with Crippen LogP contribution in [0.1, 0.15) is 228 Å². The predicted octanol–water partition coefficient (Wildman–Crippen LogP) is 11.3. The standard InChI is InChI=1S/C48H90N2O8/c1-8-11-13-15-17-19-21-23-25-27-29-31-45(53)56-39-41-37-42(58-46(54)32-30-28-26-24-22-20-18-16-14-12-9-2)38-50(41)44(52)34-33-43(51)49-36-35-48(6,10-3)57-40-47(4,5)55-7/h41-42H,8-40H2,1-7H3,(H,49,51)/t41-,42+,48?/m0/s1. The van der Waals surface area contributed by atoms with Crippen LogP contribution in [-0.2, 0) is 38.1 Å². The number of carbonyl (C=O) groups is 4. The van der Waals surface area contributed by atoms with Gasteiger partial charge in [0, 0.05) is 45.8 Å². The highest BCUT2D eigenvalue weighted by molar-refractivity contribution is 5.84. The highest BCUT2D eigenvalue weighted by atomic mass is 16.6. The monoisotopic (exact) mass is 823 g/mol. The molecule has 0 aromatic heterocycles. The summed E-state index contributed by atoms with van der Waals surface area (Å²) in [4.78, 5) is 53.5. The van der Waals surface area contributed by atoms with Crippen LogP contribution in [0.5, 0.6) is 0 Å². The zero-order valence-electron chi connectivity index (χ0n) is 38.7. The van der Waals surface area contributed by atoms with E-state index in [-0.39, 0.29) is 49.7 Å². The third-order valence-corrected chi connectivity index (χ3v) is 12.0. The lowest BCUT2D eigenvalue weighted by Gasteiger charge is -2.33. The van der Waals surface area contributed by atoms with Crippen LogP contribution in [0.2, 0.25) is 0 Å². The van der Waals surface area contributed by atoms with Gasteiger partial charge in [0.05, 0.1) is 30.4 Å². The summed E-state index contributed by atoms with van der Waals surface area (Å²) >= 11 is 0. The second kappa shape index (κ2) is 33.5. The molecule has 10 nitrogen and oxygen atoms in total. The predicted molar refractivity (Wildman–Crippen MR) is 236 cm³/mol. The van der Waals surface area contributed by atoms with Crippen LogP contribution in [0.3, 0.4) is 0 Å². The molecule has 1 aliphatic rings. The topological polar surface area (TPSA) is 120 Å². The van der Waals surface area contributed by atoms with Crippen molar-refractivity contribution in [2.75, 3.05) is 33.4 Å². The highest BCUT2D eigenvalue weighted by Gasteiger charge is 2.38. The van der Waals surface area contributed by atoms with Crippen molar-refractivity contribution in [3.63, 3.8) is 0 Å². The summed E-state index contributed by atoms with van der Waals surface area (Å²) in [5.74, 6) is -0.897. The fourth-order valence-corrected chi connectivity index (χ4v) is 7.47. The average molecular weight is 823 g/mol. The average Bonchev–Trinajstić information content (AvgIpc) is 3.61. The molecule has 1 saturated heterocycles. The highest BCUT2D eigenvalue weighted by Crippen LogP contribution is 2.25. The number of likely N-dealkylation sites (tertiary alicyclic amines) is 1. The van der Waals surface area contributed by atoms with Crippen LogP contribution in [0.4, 0.5) is 0 Å². The molecule has 0 aromatic rings. The summed E-state index contributed by atoms with van der Waals surface area (Å²) in [5, 5.41) is 2.95. The number of hydrogen-bond donors (Lipinski definition) is 1. The van der Waals surface area contributed by atoms with Crippen LogP contribution in [0.25, 0.3) is 0 Å². The number of hydrogen-bond acceptors (Lipinski definition) is 8. The Morgan fingerprint density at radius 3 is 1.60 bits per heavy atom. The maximum absolute atomic E-state index is 13.5. The van der Waals surface area contributed by atoms with Crippen LogP contribution in [0, 0.1) is 0 Å². The Hall–Kier alpha value is -2.20. The van der Waals surface area contributed by atoms with E-state index in [4.69, 9.17) is 18.9 Å². The van der Waals surface area contributed by atoms with Gasteiger partial charge in [-0.2, -0.15) is 0 Å². The summed E-state index contributed by atoms with van der Waals surface area (Å²) in [6.45, 7) is 13.7. The van der Waals surface area contributed by atoms with Crippen molar-refractivity contribution in [1.29, 1.82) is 0 Å². The van der Waals surface area contributed by atoms with Gasteiger partial charge in [-0.3, -0.25) is 19.2 Å². The zero-order chi connectivity index (χ0) is 42.9. The quantitative estimate of drug-likeness (QED) is 0.0483. The SMILES string of the molecule is CCCCCCCCCCCCCC(=O)OC[C@@H]1C[C@@H](OC(=O)CCCCCCCCCCCCC)CN1C(=O)CCC(=O)NCCC(C)(CC)OCC(C)(C)OC. The molecule has 0 bridgehead atoms. The first-order chi connectivity index (χ1) is 27.9. The van der Waals surface area contributed by atoms with Gasteiger partial charge in [0.25, 0.3) is 0 Å². The number of unbranched alkanes of at least 4 members (excludes halogenated alkanes) is 20. The molecular formula is C48H90N2O8. The number of rotatable bonds is 38. The molecule has 1 N–H and O–H groups in total. The third-order valence-electron chi connectivity index (χ3n) is 12.0. The number of esters is 2. The van der Waals surface area contributed by atoms with Gasteiger partial charge in [0.15, 0.2) is 0 Å². The lowest BCUT2D eigenvalue weighted by molar-refractivity contribution is -0.149. The number of carbonyl (C=O) groups excluding carboxylic acids is 4. The van der Waals surface area contributed by atoms with Crippen molar-refractivity contribution in [2.24, 2.45) is 0 Å². The lowest BCUT2D eigenvalue weighted by Crippen LogP contribution is -2.40. The first-order valence-electron chi connectivity index (χ1n) is 24.0. The zero-order valence-corrected chi connectivity index (χ0v) is 38.7. The van der Waals surface area contributed by atoms with E-state index in [2.05, 4.69) is 26.1 Å². The van der Waals surface area contributed by atoms with E-state index in [1.165, 1.54) is 103 Å². The van der Waals surface area contributed by atoms with Crippen LogP contribution in [0.15, 0.2) is 0 Å². The smallest absolute Gasteiger partial charge is 0.306 e. The van der Waals surface area contributed by atoms with Gasteiger partial charge in [0.1, 0.15) is 12.7 Å². The number of amides is 2. The van der Waals surface area contributed by atoms with Crippen LogP contribution >= 0.6 is 0 Å². The minimum absolute atomic E-state index is 0.0258. The number of nitrogens with one attached hydrogen (secondary N) is 1. The lowest BCUT2D eigenvalue weighted by atomic mass is 9.98. The van der Waals surface area contributed by atoms with Crippen molar-refractivity contribution in [3.05, 3.63) is 0 Å². The molecule has 58 heavy (non-hydrogen) atoms. The molecule has 0 aromatic carbocycles. The van der Waals surface area contributed by atoms with Crippen molar-refractivity contribution >= 4 is 23.8 Å². The maximum atomic E-state index is 13.5. The maximum Gasteiger partial charge on any atom is 0.306 e. The van der Waals surface area contributed by atoms with Crippen LogP contribution in [-0.4, -0.2) is 85.4 Å². The molecule has 1 rings (SSSR count). The number of ether oxygens (including phenoxy) is 4. The first-order valence-corrected chi connectivity index (χ1v) is 24.0. The minimum atomic E-state index is -0.455. The Labute approximate surface area is 355 Å². The van der Waals surface area contributed by atoms with E-state index in [0.29, 0.717) is 38.8 Å². The largest absolute Gasteiger partial charge is 0.463 e.